The van der Waals surface area contributed by atoms with Crippen LogP contribution < -0.4 is 10.1 Å². The van der Waals surface area contributed by atoms with Crippen LogP contribution in [0.3, 0.4) is 0 Å². The second-order valence-electron chi connectivity index (χ2n) is 7.35. The molecule has 1 unspecified atom stereocenters. The maximum Gasteiger partial charge on any atom is 0.267 e. The minimum Gasteiger partial charge on any atom is -0.479 e. The number of halogens is 2. The van der Waals surface area contributed by atoms with Gasteiger partial charge >= 0.3 is 0 Å². The van der Waals surface area contributed by atoms with Gasteiger partial charge in [0.05, 0.1) is 29.3 Å². The first-order chi connectivity index (χ1) is 15.0. The standard InChI is InChI=1S/C22H24Cl2N4O3/c1-15(31-20-7-6-16(23)14-17(20)24)21(29)26-22-25-18-4-2-3-5-19(18)28(22)9-8-27-10-12-30-13-11-27/h2-7,14-15H,8-13H2,1H3,(H,25,26,29). The van der Waals surface area contributed by atoms with Crippen LogP contribution in [0.5, 0.6) is 5.75 Å². The molecule has 31 heavy (non-hydrogen) atoms. The Morgan fingerprint density at radius 1 is 1.19 bits per heavy atom. The number of benzene rings is 2. The summed E-state index contributed by atoms with van der Waals surface area (Å²) in [5, 5.41) is 3.77. The predicted molar refractivity (Wildman–Crippen MR) is 122 cm³/mol. The first-order valence-electron chi connectivity index (χ1n) is 10.2. The Kier molecular flexibility index (Phi) is 6.97. The van der Waals surface area contributed by atoms with Crippen molar-refractivity contribution < 1.29 is 14.3 Å². The minimum absolute atomic E-state index is 0.311. The zero-order valence-electron chi connectivity index (χ0n) is 17.2. The smallest absolute Gasteiger partial charge is 0.267 e. The lowest BCUT2D eigenvalue weighted by Crippen LogP contribution is -2.38. The number of hydrogen-bond acceptors (Lipinski definition) is 5. The van der Waals surface area contributed by atoms with E-state index in [0.717, 1.165) is 43.9 Å². The topological polar surface area (TPSA) is 68.6 Å². The van der Waals surface area contributed by atoms with E-state index in [1.807, 2.05) is 28.8 Å². The van der Waals surface area contributed by atoms with Gasteiger partial charge in [0, 0.05) is 31.2 Å². The number of nitrogens with one attached hydrogen (secondary N) is 1. The van der Waals surface area contributed by atoms with Crippen molar-refractivity contribution in [3.05, 3.63) is 52.5 Å². The molecule has 1 amide bonds. The summed E-state index contributed by atoms with van der Waals surface area (Å²) in [6, 6.07) is 12.7. The molecule has 0 saturated carbocycles. The molecule has 2 aromatic carbocycles. The molecule has 0 aliphatic carbocycles. The molecule has 1 N–H and O–H groups in total. The third-order valence-corrected chi connectivity index (χ3v) is 5.73. The van der Waals surface area contributed by atoms with Crippen LogP contribution in [0.25, 0.3) is 11.0 Å². The Bertz CT molecular complexity index is 1070. The third kappa shape index (κ3) is 5.30. The number of ether oxygens (including phenoxy) is 2. The first-order valence-corrected chi connectivity index (χ1v) is 10.9. The van der Waals surface area contributed by atoms with Crippen molar-refractivity contribution in [1.82, 2.24) is 14.5 Å². The zero-order chi connectivity index (χ0) is 21.8. The van der Waals surface area contributed by atoms with Crippen molar-refractivity contribution in [1.29, 1.82) is 0 Å². The molecule has 2 heterocycles. The number of para-hydroxylation sites is 2. The van der Waals surface area contributed by atoms with E-state index in [1.54, 1.807) is 25.1 Å². The number of imidazole rings is 1. The monoisotopic (exact) mass is 462 g/mol. The van der Waals surface area contributed by atoms with Gasteiger partial charge in [-0.15, -0.1) is 0 Å². The van der Waals surface area contributed by atoms with E-state index in [-0.39, 0.29) is 5.91 Å². The van der Waals surface area contributed by atoms with Gasteiger partial charge in [-0.2, -0.15) is 0 Å². The van der Waals surface area contributed by atoms with Crippen molar-refractivity contribution in [3.8, 4) is 5.75 Å². The van der Waals surface area contributed by atoms with E-state index < -0.39 is 6.10 Å². The molecule has 1 aliphatic heterocycles. The summed E-state index contributed by atoms with van der Waals surface area (Å²) in [7, 11) is 0. The molecule has 0 radical (unpaired) electrons. The second-order valence-corrected chi connectivity index (χ2v) is 8.20. The summed E-state index contributed by atoms with van der Waals surface area (Å²) in [6.45, 7) is 6.52. The van der Waals surface area contributed by atoms with Gasteiger partial charge < -0.3 is 14.0 Å². The van der Waals surface area contributed by atoms with E-state index in [9.17, 15) is 4.79 Å². The van der Waals surface area contributed by atoms with Gasteiger partial charge in [-0.1, -0.05) is 35.3 Å². The number of aromatic nitrogens is 2. The second kappa shape index (κ2) is 9.87. The molecule has 164 valence electrons. The number of carbonyl (C=O) groups is 1. The molecule has 1 aromatic heterocycles. The SMILES string of the molecule is CC(Oc1ccc(Cl)cc1Cl)C(=O)Nc1nc2ccccc2n1CCN1CCOCC1. The van der Waals surface area contributed by atoms with Crippen LogP contribution in [0.15, 0.2) is 42.5 Å². The first kappa shape index (κ1) is 21.9. The molecule has 1 aliphatic rings. The average molecular weight is 463 g/mol. The Morgan fingerprint density at radius 3 is 2.74 bits per heavy atom. The minimum atomic E-state index is -0.772. The van der Waals surface area contributed by atoms with Crippen LogP contribution in [0.4, 0.5) is 5.95 Å². The molecule has 0 bridgehead atoms. The average Bonchev–Trinajstić information content (AvgIpc) is 3.11. The van der Waals surface area contributed by atoms with Crippen LogP contribution >= 0.6 is 23.2 Å². The summed E-state index contributed by atoms with van der Waals surface area (Å²) < 4.78 is 13.2. The number of rotatable bonds is 7. The van der Waals surface area contributed by atoms with Crippen LogP contribution in [0.1, 0.15) is 6.92 Å². The lowest BCUT2D eigenvalue weighted by Gasteiger charge is -2.27. The fourth-order valence-corrected chi connectivity index (χ4v) is 3.94. The predicted octanol–water partition coefficient (Wildman–Crippen LogP) is 4.08. The van der Waals surface area contributed by atoms with Gasteiger partial charge in [-0.3, -0.25) is 15.0 Å². The Balaban J connectivity index is 1.49. The summed E-state index contributed by atoms with van der Waals surface area (Å²) in [5.74, 6) is 0.584. The van der Waals surface area contributed by atoms with Crippen LogP contribution in [-0.4, -0.2) is 59.3 Å². The van der Waals surface area contributed by atoms with E-state index in [4.69, 9.17) is 32.7 Å². The highest BCUT2D eigenvalue weighted by Crippen LogP contribution is 2.28. The van der Waals surface area contributed by atoms with Gasteiger partial charge in [-0.05, 0) is 37.3 Å². The van der Waals surface area contributed by atoms with Gasteiger partial charge in [0.1, 0.15) is 5.75 Å². The summed E-state index contributed by atoms with van der Waals surface area (Å²) in [6.07, 6.45) is -0.772. The lowest BCUT2D eigenvalue weighted by atomic mass is 10.3. The molecule has 4 rings (SSSR count). The number of anilines is 1. The van der Waals surface area contributed by atoms with Crippen LogP contribution in [-0.2, 0) is 16.1 Å². The number of hydrogen-bond donors (Lipinski definition) is 1. The lowest BCUT2D eigenvalue weighted by molar-refractivity contribution is -0.122. The van der Waals surface area contributed by atoms with Crippen LogP contribution in [0.2, 0.25) is 10.0 Å². The van der Waals surface area contributed by atoms with Gasteiger partial charge in [0.15, 0.2) is 6.10 Å². The highest BCUT2D eigenvalue weighted by atomic mass is 35.5. The number of amides is 1. The normalized spacial score (nSPS) is 15.7. The molecule has 7 nitrogen and oxygen atoms in total. The van der Waals surface area contributed by atoms with Crippen molar-refractivity contribution >= 4 is 46.1 Å². The fraction of sp³-hybridized carbons (Fsp3) is 0.364. The van der Waals surface area contributed by atoms with Crippen molar-refractivity contribution in [2.75, 3.05) is 38.2 Å². The maximum atomic E-state index is 12.8. The van der Waals surface area contributed by atoms with Gasteiger partial charge in [-0.25, -0.2) is 4.98 Å². The number of nitrogens with zero attached hydrogens (tertiary/aromatic N) is 3. The molecule has 9 heteroatoms. The van der Waals surface area contributed by atoms with Crippen molar-refractivity contribution in [2.45, 2.75) is 19.6 Å². The fourth-order valence-electron chi connectivity index (χ4n) is 3.49. The summed E-state index contributed by atoms with van der Waals surface area (Å²) in [5.41, 5.74) is 1.80. The van der Waals surface area contributed by atoms with E-state index in [2.05, 4.69) is 15.2 Å². The highest BCUT2D eigenvalue weighted by Gasteiger charge is 2.20. The maximum absolute atomic E-state index is 12.8. The van der Waals surface area contributed by atoms with Crippen molar-refractivity contribution in [2.24, 2.45) is 0 Å². The summed E-state index contributed by atoms with van der Waals surface area (Å²) >= 11 is 12.1. The molecule has 1 fully saturated rings. The zero-order valence-corrected chi connectivity index (χ0v) is 18.7. The Labute approximate surface area is 190 Å². The number of carbonyl (C=O) groups excluding carboxylic acids is 1. The Hall–Kier alpha value is -2.32. The largest absolute Gasteiger partial charge is 0.479 e. The van der Waals surface area contributed by atoms with Crippen LogP contribution in [0, 0.1) is 0 Å². The van der Waals surface area contributed by atoms with Crippen molar-refractivity contribution in [3.63, 3.8) is 0 Å². The number of morpholine rings is 1. The third-order valence-electron chi connectivity index (χ3n) is 5.20. The molecule has 0 spiro atoms. The van der Waals surface area contributed by atoms with E-state index in [0.29, 0.717) is 28.3 Å². The molecule has 3 aromatic rings. The number of fused-ring (bicyclic) bond motifs is 1. The van der Waals surface area contributed by atoms with E-state index >= 15 is 0 Å². The molecular weight excluding hydrogens is 439 g/mol. The Morgan fingerprint density at radius 2 is 1.97 bits per heavy atom. The molecule has 1 saturated heterocycles. The summed E-state index contributed by atoms with van der Waals surface area (Å²) in [4.78, 5) is 19.8. The van der Waals surface area contributed by atoms with Gasteiger partial charge in [0.2, 0.25) is 5.95 Å². The highest BCUT2D eigenvalue weighted by molar-refractivity contribution is 6.35. The molecular formula is C22H24Cl2N4O3. The van der Waals surface area contributed by atoms with Gasteiger partial charge in [0.25, 0.3) is 5.91 Å². The quantitative estimate of drug-likeness (QED) is 0.572. The molecule has 1 atom stereocenters. The van der Waals surface area contributed by atoms with E-state index in [1.165, 1.54) is 0 Å².